The first kappa shape index (κ1) is 12.0. The van der Waals surface area contributed by atoms with E-state index in [0.717, 1.165) is 6.42 Å². The summed E-state index contributed by atoms with van der Waals surface area (Å²) >= 11 is 0. The molecular weight excluding hydrogens is 176 g/mol. The Labute approximate surface area is 88.0 Å². The molecule has 0 N–H and O–H groups in total. The second-order valence-electron chi connectivity index (χ2n) is 5.49. The molecule has 1 rings (SSSR count). The van der Waals surface area contributed by atoms with Crippen LogP contribution in [0, 0.1) is 11.3 Å². The zero-order chi connectivity index (χ0) is 10.8. The first-order valence-corrected chi connectivity index (χ1v) is 5.53. The first-order chi connectivity index (χ1) is 6.47. The van der Waals surface area contributed by atoms with Crippen molar-refractivity contribution in [1.82, 2.24) is 0 Å². The van der Waals surface area contributed by atoms with Crippen LogP contribution in [-0.2, 0) is 9.47 Å². The Morgan fingerprint density at radius 1 is 0.857 bits per heavy atom. The highest BCUT2D eigenvalue weighted by Gasteiger charge is 2.35. The van der Waals surface area contributed by atoms with Gasteiger partial charge in [0.2, 0.25) is 0 Å². The summed E-state index contributed by atoms with van der Waals surface area (Å²) in [4.78, 5) is 0. The fourth-order valence-electron chi connectivity index (χ4n) is 2.31. The van der Waals surface area contributed by atoms with Gasteiger partial charge in [-0.25, -0.2) is 0 Å². The highest BCUT2D eigenvalue weighted by Crippen LogP contribution is 2.39. The highest BCUT2D eigenvalue weighted by molar-refractivity contribution is 4.86. The Kier molecular flexibility index (Phi) is 3.96. The molecule has 0 radical (unpaired) electrons. The zero-order valence-electron chi connectivity index (χ0n) is 10.2. The van der Waals surface area contributed by atoms with Crippen LogP contribution in [0.4, 0.5) is 0 Å². The second-order valence-corrected chi connectivity index (χ2v) is 5.49. The van der Waals surface area contributed by atoms with E-state index in [2.05, 4.69) is 20.8 Å². The molecule has 1 fully saturated rings. The minimum absolute atomic E-state index is 0.369. The standard InChI is InChI=1S/C12H24O2/c1-12(2,3)9-6-10(13-4)8-11(7-9)14-5/h9-11H,6-8H2,1-5H3. The van der Waals surface area contributed by atoms with Crippen molar-refractivity contribution in [2.45, 2.75) is 52.2 Å². The van der Waals surface area contributed by atoms with E-state index in [-0.39, 0.29) is 0 Å². The summed E-state index contributed by atoms with van der Waals surface area (Å²) in [6.07, 6.45) is 4.19. The van der Waals surface area contributed by atoms with Crippen LogP contribution in [0.1, 0.15) is 40.0 Å². The third-order valence-electron chi connectivity index (χ3n) is 3.51. The maximum atomic E-state index is 5.47. The summed E-state index contributed by atoms with van der Waals surface area (Å²) in [5.41, 5.74) is 0.369. The van der Waals surface area contributed by atoms with Crippen molar-refractivity contribution in [3.05, 3.63) is 0 Å². The van der Waals surface area contributed by atoms with Crippen LogP contribution in [-0.4, -0.2) is 26.4 Å². The van der Waals surface area contributed by atoms with Crippen molar-refractivity contribution >= 4 is 0 Å². The summed E-state index contributed by atoms with van der Waals surface area (Å²) in [6, 6.07) is 0. The molecular formula is C12H24O2. The van der Waals surface area contributed by atoms with E-state index in [4.69, 9.17) is 9.47 Å². The van der Waals surface area contributed by atoms with Crippen molar-refractivity contribution in [1.29, 1.82) is 0 Å². The SMILES string of the molecule is COC1CC(OC)CC(C(C)(C)C)C1. The van der Waals surface area contributed by atoms with Gasteiger partial charge in [0, 0.05) is 14.2 Å². The van der Waals surface area contributed by atoms with Gasteiger partial charge in [0.15, 0.2) is 0 Å². The average molecular weight is 200 g/mol. The Morgan fingerprint density at radius 2 is 1.29 bits per heavy atom. The molecule has 1 saturated carbocycles. The Hall–Kier alpha value is -0.0800. The van der Waals surface area contributed by atoms with E-state index in [0.29, 0.717) is 23.5 Å². The van der Waals surface area contributed by atoms with E-state index in [9.17, 15) is 0 Å². The van der Waals surface area contributed by atoms with Crippen LogP contribution in [0.25, 0.3) is 0 Å². The molecule has 0 amide bonds. The van der Waals surface area contributed by atoms with Gasteiger partial charge in [-0.1, -0.05) is 20.8 Å². The summed E-state index contributed by atoms with van der Waals surface area (Å²) in [5, 5.41) is 0. The quantitative estimate of drug-likeness (QED) is 0.682. The number of rotatable bonds is 2. The molecule has 1 aliphatic rings. The molecule has 2 atom stereocenters. The van der Waals surface area contributed by atoms with Gasteiger partial charge in [0.25, 0.3) is 0 Å². The Morgan fingerprint density at radius 3 is 1.57 bits per heavy atom. The van der Waals surface area contributed by atoms with Gasteiger partial charge >= 0.3 is 0 Å². The molecule has 0 spiro atoms. The van der Waals surface area contributed by atoms with E-state index in [1.54, 1.807) is 0 Å². The van der Waals surface area contributed by atoms with Gasteiger partial charge < -0.3 is 9.47 Å². The average Bonchev–Trinajstić information content (AvgIpc) is 2.15. The number of hydrogen-bond acceptors (Lipinski definition) is 2. The van der Waals surface area contributed by atoms with Crippen molar-refractivity contribution in [3.8, 4) is 0 Å². The molecule has 0 aromatic carbocycles. The van der Waals surface area contributed by atoms with Crippen LogP contribution in [0.5, 0.6) is 0 Å². The molecule has 2 unspecified atom stereocenters. The summed E-state index contributed by atoms with van der Waals surface area (Å²) < 4.78 is 10.9. The van der Waals surface area contributed by atoms with Crippen molar-refractivity contribution in [2.24, 2.45) is 11.3 Å². The van der Waals surface area contributed by atoms with Crippen LogP contribution in [0.15, 0.2) is 0 Å². The number of ether oxygens (including phenoxy) is 2. The lowest BCUT2D eigenvalue weighted by molar-refractivity contribution is -0.0505. The van der Waals surface area contributed by atoms with Gasteiger partial charge in [-0.15, -0.1) is 0 Å². The topological polar surface area (TPSA) is 18.5 Å². The fraction of sp³-hybridized carbons (Fsp3) is 1.00. The molecule has 1 aliphatic carbocycles. The van der Waals surface area contributed by atoms with E-state index in [1.807, 2.05) is 14.2 Å². The monoisotopic (exact) mass is 200 g/mol. The fourth-order valence-corrected chi connectivity index (χ4v) is 2.31. The third-order valence-corrected chi connectivity index (χ3v) is 3.51. The minimum atomic E-state index is 0.369. The Bertz CT molecular complexity index is 160. The molecule has 0 aromatic rings. The normalized spacial score (nSPS) is 34.5. The molecule has 0 bridgehead atoms. The predicted octanol–water partition coefficient (Wildman–Crippen LogP) is 2.86. The summed E-state index contributed by atoms with van der Waals surface area (Å²) in [5.74, 6) is 0.714. The van der Waals surface area contributed by atoms with E-state index >= 15 is 0 Å². The number of hydrogen-bond donors (Lipinski definition) is 0. The smallest absolute Gasteiger partial charge is 0.0598 e. The third kappa shape index (κ3) is 2.96. The lowest BCUT2D eigenvalue weighted by Crippen LogP contribution is -2.37. The van der Waals surface area contributed by atoms with Crippen LogP contribution >= 0.6 is 0 Å². The summed E-state index contributed by atoms with van der Waals surface area (Å²) in [6.45, 7) is 6.92. The van der Waals surface area contributed by atoms with E-state index in [1.165, 1.54) is 12.8 Å². The van der Waals surface area contributed by atoms with Crippen molar-refractivity contribution in [2.75, 3.05) is 14.2 Å². The van der Waals surface area contributed by atoms with Gasteiger partial charge in [-0.05, 0) is 30.6 Å². The summed E-state index contributed by atoms with van der Waals surface area (Å²) in [7, 11) is 3.62. The second kappa shape index (κ2) is 4.63. The highest BCUT2D eigenvalue weighted by atomic mass is 16.5. The lowest BCUT2D eigenvalue weighted by Gasteiger charge is -2.40. The zero-order valence-corrected chi connectivity index (χ0v) is 10.2. The molecule has 2 nitrogen and oxygen atoms in total. The van der Waals surface area contributed by atoms with Gasteiger partial charge in [0.1, 0.15) is 0 Å². The molecule has 84 valence electrons. The molecule has 0 heterocycles. The van der Waals surface area contributed by atoms with Crippen molar-refractivity contribution in [3.63, 3.8) is 0 Å². The molecule has 0 aromatic heterocycles. The van der Waals surface area contributed by atoms with Crippen LogP contribution in [0.3, 0.4) is 0 Å². The van der Waals surface area contributed by atoms with Gasteiger partial charge in [-0.3, -0.25) is 0 Å². The maximum Gasteiger partial charge on any atom is 0.0598 e. The lowest BCUT2D eigenvalue weighted by atomic mass is 9.70. The largest absolute Gasteiger partial charge is 0.381 e. The van der Waals surface area contributed by atoms with Crippen molar-refractivity contribution < 1.29 is 9.47 Å². The van der Waals surface area contributed by atoms with E-state index < -0.39 is 0 Å². The first-order valence-electron chi connectivity index (χ1n) is 5.53. The van der Waals surface area contributed by atoms with Crippen LogP contribution in [0.2, 0.25) is 0 Å². The Balaban J connectivity index is 2.60. The minimum Gasteiger partial charge on any atom is -0.381 e. The predicted molar refractivity (Wildman–Crippen MR) is 58.4 cm³/mol. The maximum absolute atomic E-state index is 5.47. The molecule has 0 saturated heterocycles. The molecule has 0 aliphatic heterocycles. The van der Waals surface area contributed by atoms with Gasteiger partial charge in [-0.2, -0.15) is 0 Å². The molecule has 2 heteroatoms. The molecule has 14 heavy (non-hydrogen) atoms. The van der Waals surface area contributed by atoms with Crippen LogP contribution < -0.4 is 0 Å². The number of methoxy groups -OCH3 is 2. The van der Waals surface area contributed by atoms with Gasteiger partial charge in [0.05, 0.1) is 12.2 Å².